The van der Waals surface area contributed by atoms with E-state index in [1.165, 1.54) is 25.7 Å². The van der Waals surface area contributed by atoms with E-state index in [9.17, 15) is 5.11 Å². The molecule has 0 bridgehead atoms. The van der Waals surface area contributed by atoms with E-state index in [0.717, 1.165) is 37.7 Å². The number of hydrogen-bond acceptors (Lipinski definition) is 5. The zero-order valence-electron chi connectivity index (χ0n) is 11.4. The van der Waals surface area contributed by atoms with Crippen molar-refractivity contribution in [2.24, 2.45) is 0 Å². The summed E-state index contributed by atoms with van der Waals surface area (Å²) >= 11 is 1.72. The molecule has 2 aliphatic rings. The molecular formula is C14H23N3OS. The van der Waals surface area contributed by atoms with Gasteiger partial charge in [0.2, 0.25) is 0 Å². The number of nitrogens with zero attached hydrogens (tertiary/aromatic N) is 3. The molecule has 1 N–H and O–H groups in total. The number of rotatable bonds is 2. The Morgan fingerprint density at radius 1 is 1.11 bits per heavy atom. The molecule has 0 aromatic carbocycles. The van der Waals surface area contributed by atoms with Gasteiger partial charge in [-0.25, -0.2) is 4.98 Å². The van der Waals surface area contributed by atoms with Crippen molar-refractivity contribution in [1.82, 2.24) is 9.88 Å². The molecule has 2 unspecified atom stereocenters. The molecule has 1 aliphatic heterocycles. The Labute approximate surface area is 119 Å². The van der Waals surface area contributed by atoms with Crippen LogP contribution in [-0.2, 0) is 0 Å². The molecule has 0 spiro atoms. The van der Waals surface area contributed by atoms with E-state index in [2.05, 4.69) is 14.8 Å². The van der Waals surface area contributed by atoms with Crippen LogP contribution >= 0.6 is 11.3 Å². The van der Waals surface area contributed by atoms with Crippen LogP contribution in [0, 0.1) is 0 Å². The topological polar surface area (TPSA) is 39.6 Å². The Morgan fingerprint density at radius 3 is 2.63 bits per heavy atom. The molecule has 19 heavy (non-hydrogen) atoms. The van der Waals surface area contributed by atoms with E-state index < -0.39 is 0 Å². The number of piperazine rings is 1. The maximum absolute atomic E-state index is 10.3. The first-order chi connectivity index (χ1) is 9.34. The zero-order valence-corrected chi connectivity index (χ0v) is 12.2. The van der Waals surface area contributed by atoms with Gasteiger partial charge in [0, 0.05) is 43.8 Å². The third kappa shape index (κ3) is 3.09. The SMILES string of the molecule is OC1CCCCCC1N1CCN(c2nccs2)CC1. The molecule has 2 fully saturated rings. The van der Waals surface area contributed by atoms with Crippen LogP contribution in [-0.4, -0.2) is 53.3 Å². The molecule has 3 rings (SSSR count). The van der Waals surface area contributed by atoms with Gasteiger partial charge in [0.25, 0.3) is 0 Å². The van der Waals surface area contributed by atoms with Crippen molar-refractivity contribution in [3.63, 3.8) is 0 Å². The van der Waals surface area contributed by atoms with E-state index in [0.29, 0.717) is 6.04 Å². The number of anilines is 1. The molecule has 0 radical (unpaired) electrons. The summed E-state index contributed by atoms with van der Waals surface area (Å²) in [5, 5.41) is 13.5. The predicted octanol–water partition coefficient (Wildman–Crippen LogP) is 1.96. The van der Waals surface area contributed by atoms with Crippen molar-refractivity contribution in [3.8, 4) is 0 Å². The van der Waals surface area contributed by atoms with Gasteiger partial charge in [-0.3, -0.25) is 4.90 Å². The molecule has 2 heterocycles. The maximum atomic E-state index is 10.3. The van der Waals surface area contributed by atoms with E-state index in [1.54, 1.807) is 11.3 Å². The highest BCUT2D eigenvalue weighted by molar-refractivity contribution is 7.13. The average Bonchev–Trinajstić information content (AvgIpc) is 2.89. The molecule has 0 amide bonds. The summed E-state index contributed by atoms with van der Waals surface area (Å²) in [5.41, 5.74) is 0. The molecule has 1 saturated heterocycles. The van der Waals surface area contributed by atoms with Crippen LogP contribution in [0.1, 0.15) is 32.1 Å². The van der Waals surface area contributed by atoms with E-state index in [-0.39, 0.29) is 6.10 Å². The normalized spacial score (nSPS) is 30.3. The van der Waals surface area contributed by atoms with Gasteiger partial charge in [-0.2, -0.15) is 0 Å². The van der Waals surface area contributed by atoms with Crippen LogP contribution in [0.25, 0.3) is 0 Å². The summed E-state index contributed by atoms with van der Waals surface area (Å²) in [6.45, 7) is 4.19. The van der Waals surface area contributed by atoms with Gasteiger partial charge in [-0.05, 0) is 12.8 Å². The lowest BCUT2D eigenvalue weighted by Gasteiger charge is -2.40. The minimum Gasteiger partial charge on any atom is -0.391 e. The van der Waals surface area contributed by atoms with Gasteiger partial charge < -0.3 is 10.0 Å². The summed E-state index contributed by atoms with van der Waals surface area (Å²) in [4.78, 5) is 9.25. The Kier molecular flexibility index (Phi) is 4.35. The Hall–Kier alpha value is -0.650. The number of aromatic nitrogens is 1. The predicted molar refractivity (Wildman–Crippen MR) is 78.8 cm³/mol. The molecule has 1 aromatic rings. The van der Waals surface area contributed by atoms with Crippen LogP contribution in [0.3, 0.4) is 0 Å². The summed E-state index contributed by atoms with van der Waals surface area (Å²) in [6, 6.07) is 0.390. The van der Waals surface area contributed by atoms with Crippen molar-refractivity contribution in [2.45, 2.75) is 44.2 Å². The van der Waals surface area contributed by atoms with E-state index in [1.807, 2.05) is 11.6 Å². The summed E-state index contributed by atoms with van der Waals surface area (Å²) in [6.07, 6.45) is 7.66. The third-order valence-corrected chi connectivity index (χ3v) is 5.25. The Morgan fingerprint density at radius 2 is 1.89 bits per heavy atom. The first kappa shape index (κ1) is 13.3. The second-order valence-corrected chi connectivity index (χ2v) is 6.48. The molecule has 2 atom stereocenters. The van der Waals surface area contributed by atoms with Crippen LogP contribution in [0.5, 0.6) is 0 Å². The van der Waals surface area contributed by atoms with Gasteiger partial charge in [-0.15, -0.1) is 11.3 Å². The summed E-state index contributed by atoms with van der Waals surface area (Å²) in [5.74, 6) is 0. The van der Waals surface area contributed by atoms with Crippen LogP contribution in [0.2, 0.25) is 0 Å². The Balaban J connectivity index is 1.57. The van der Waals surface area contributed by atoms with Crippen LogP contribution < -0.4 is 4.90 Å². The fourth-order valence-corrected chi connectivity index (χ4v) is 4.01. The van der Waals surface area contributed by atoms with Gasteiger partial charge >= 0.3 is 0 Å². The fourth-order valence-electron chi connectivity index (χ4n) is 3.31. The van der Waals surface area contributed by atoms with Crippen LogP contribution in [0.4, 0.5) is 5.13 Å². The lowest BCUT2D eigenvalue weighted by atomic mass is 10.0. The number of aliphatic hydroxyl groups excluding tert-OH is 1. The molecule has 5 heteroatoms. The van der Waals surface area contributed by atoms with Crippen LogP contribution in [0.15, 0.2) is 11.6 Å². The smallest absolute Gasteiger partial charge is 0.185 e. The van der Waals surface area contributed by atoms with Gasteiger partial charge in [-0.1, -0.05) is 19.3 Å². The molecule has 106 valence electrons. The second-order valence-electron chi connectivity index (χ2n) is 5.61. The van der Waals surface area contributed by atoms with Crippen molar-refractivity contribution in [1.29, 1.82) is 0 Å². The monoisotopic (exact) mass is 281 g/mol. The van der Waals surface area contributed by atoms with Crippen molar-refractivity contribution in [3.05, 3.63) is 11.6 Å². The zero-order chi connectivity index (χ0) is 13.1. The van der Waals surface area contributed by atoms with Crippen molar-refractivity contribution >= 4 is 16.5 Å². The highest BCUT2D eigenvalue weighted by Crippen LogP contribution is 2.25. The van der Waals surface area contributed by atoms with Gasteiger partial charge in [0.15, 0.2) is 5.13 Å². The minimum absolute atomic E-state index is 0.117. The van der Waals surface area contributed by atoms with E-state index in [4.69, 9.17) is 0 Å². The Bertz CT molecular complexity index is 376. The third-order valence-electron chi connectivity index (χ3n) is 4.42. The lowest BCUT2D eigenvalue weighted by molar-refractivity contribution is 0.0410. The first-order valence-corrected chi connectivity index (χ1v) is 8.29. The summed E-state index contributed by atoms with van der Waals surface area (Å²) in [7, 11) is 0. The van der Waals surface area contributed by atoms with Crippen molar-refractivity contribution in [2.75, 3.05) is 31.1 Å². The molecule has 1 aliphatic carbocycles. The molecule has 1 saturated carbocycles. The number of aliphatic hydroxyl groups is 1. The van der Waals surface area contributed by atoms with E-state index >= 15 is 0 Å². The first-order valence-electron chi connectivity index (χ1n) is 7.41. The standard InChI is InChI=1S/C14H23N3OS/c18-13-5-3-1-2-4-12(13)16-7-9-17(10-8-16)14-15-6-11-19-14/h6,11-13,18H,1-5,7-10H2. The van der Waals surface area contributed by atoms with Gasteiger partial charge in [0.1, 0.15) is 0 Å². The highest BCUT2D eigenvalue weighted by Gasteiger charge is 2.30. The lowest BCUT2D eigenvalue weighted by Crippen LogP contribution is -2.53. The molecular weight excluding hydrogens is 258 g/mol. The number of hydrogen-bond donors (Lipinski definition) is 1. The molecule has 4 nitrogen and oxygen atoms in total. The van der Waals surface area contributed by atoms with Crippen molar-refractivity contribution < 1.29 is 5.11 Å². The maximum Gasteiger partial charge on any atom is 0.185 e. The average molecular weight is 281 g/mol. The number of thiazole rings is 1. The second kappa shape index (κ2) is 6.20. The quantitative estimate of drug-likeness (QED) is 0.841. The van der Waals surface area contributed by atoms with Gasteiger partial charge in [0.05, 0.1) is 6.10 Å². The molecule has 1 aromatic heterocycles. The minimum atomic E-state index is -0.117. The fraction of sp³-hybridized carbons (Fsp3) is 0.786. The highest BCUT2D eigenvalue weighted by atomic mass is 32.1. The largest absolute Gasteiger partial charge is 0.391 e. The summed E-state index contributed by atoms with van der Waals surface area (Å²) < 4.78 is 0.